The lowest BCUT2D eigenvalue weighted by Gasteiger charge is -2.40. The van der Waals surface area contributed by atoms with Crippen LogP contribution in [-0.4, -0.2) is 98.7 Å². The Morgan fingerprint density at radius 1 is 0.425 bits per heavy atom. The van der Waals surface area contributed by atoms with Gasteiger partial charge >= 0.3 is 0 Å². The standard InChI is InChI=1S/C70H137NO9/c1-3-5-7-9-11-13-15-17-19-21-22-23-24-25-26-27-28-29-30-31-32-33-34-35-36-37-38-39-40-41-43-45-47-49-51-53-55-57-59-64(74)69(78)71-62(61-79-70-68(77)67(76)66(75)65(60-72)80-70)63(73)58-56-54-52-50-48-46-44-42-20-18-16-14-12-10-8-6-4-2/h56,58,62-68,70,72-77H,3-55,57,59-61H2,1-2H3,(H,71,78)/b58-56+. The molecule has 1 fully saturated rings. The molecule has 0 spiro atoms. The van der Waals surface area contributed by atoms with Crippen molar-refractivity contribution in [1.29, 1.82) is 0 Å². The minimum absolute atomic E-state index is 0.300. The summed E-state index contributed by atoms with van der Waals surface area (Å²) in [6.07, 6.45) is 66.6. The predicted molar refractivity (Wildman–Crippen MR) is 338 cm³/mol. The minimum atomic E-state index is -1.61. The number of hydrogen-bond donors (Lipinski definition) is 7. The molecule has 0 aromatic rings. The molecule has 8 unspecified atom stereocenters. The highest BCUT2D eigenvalue weighted by Gasteiger charge is 2.44. The summed E-state index contributed by atoms with van der Waals surface area (Å²) in [7, 11) is 0. The average molecular weight is 1140 g/mol. The third-order valence-corrected chi connectivity index (χ3v) is 17.5. The largest absolute Gasteiger partial charge is 0.394 e. The summed E-state index contributed by atoms with van der Waals surface area (Å²) >= 11 is 0. The second-order valence-corrected chi connectivity index (χ2v) is 25.2. The number of hydrogen-bond acceptors (Lipinski definition) is 9. The molecule has 80 heavy (non-hydrogen) atoms. The molecule has 1 amide bonds. The van der Waals surface area contributed by atoms with Crippen LogP contribution in [0.2, 0.25) is 0 Å². The molecule has 0 aromatic heterocycles. The first-order valence-corrected chi connectivity index (χ1v) is 35.5. The highest BCUT2D eigenvalue weighted by Crippen LogP contribution is 2.24. The van der Waals surface area contributed by atoms with Gasteiger partial charge in [-0.2, -0.15) is 0 Å². The fourth-order valence-corrected chi connectivity index (χ4v) is 11.8. The van der Waals surface area contributed by atoms with Gasteiger partial charge in [0.05, 0.1) is 25.4 Å². The summed E-state index contributed by atoms with van der Waals surface area (Å²) in [5.41, 5.74) is 0. The molecule has 0 aromatic carbocycles. The maximum atomic E-state index is 13.2. The van der Waals surface area contributed by atoms with E-state index in [1.807, 2.05) is 6.08 Å². The van der Waals surface area contributed by atoms with Gasteiger partial charge in [0.1, 0.15) is 30.5 Å². The number of aliphatic hydroxyl groups excluding tert-OH is 6. The number of amides is 1. The van der Waals surface area contributed by atoms with E-state index < -0.39 is 61.5 Å². The molecule has 1 saturated heterocycles. The lowest BCUT2D eigenvalue weighted by atomic mass is 9.99. The second kappa shape index (κ2) is 59.6. The Balaban J connectivity index is 2.06. The van der Waals surface area contributed by atoms with E-state index in [9.17, 15) is 35.4 Å². The van der Waals surface area contributed by atoms with Gasteiger partial charge < -0.3 is 45.4 Å². The summed E-state index contributed by atoms with van der Waals surface area (Å²) in [5, 5.41) is 65.3. The van der Waals surface area contributed by atoms with Crippen LogP contribution < -0.4 is 5.32 Å². The maximum Gasteiger partial charge on any atom is 0.249 e. The van der Waals surface area contributed by atoms with Gasteiger partial charge in [-0.1, -0.05) is 360 Å². The molecular weight excluding hydrogens is 999 g/mol. The molecule has 1 heterocycles. The van der Waals surface area contributed by atoms with E-state index in [4.69, 9.17) is 9.47 Å². The monoisotopic (exact) mass is 1140 g/mol. The van der Waals surface area contributed by atoms with E-state index in [1.54, 1.807) is 6.08 Å². The van der Waals surface area contributed by atoms with E-state index in [0.29, 0.717) is 6.42 Å². The van der Waals surface area contributed by atoms with Crippen LogP contribution in [0, 0.1) is 0 Å². The van der Waals surface area contributed by atoms with Crippen molar-refractivity contribution in [3.63, 3.8) is 0 Å². The zero-order valence-corrected chi connectivity index (χ0v) is 53.0. The average Bonchev–Trinajstić information content (AvgIpc) is 3.46. The predicted octanol–water partition coefficient (Wildman–Crippen LogP) is 18.1. The van der Waals surface area contributed by atoms with E-state index in [-0.39, 0.29) is 6.61 Å². The number of rotatable bonds is 63. The van der Waals surface area contributed by atoms with Gasteiger partial charge in [-0.3, -0.25) is 4.79 Å². The maximum absolute atomic E-state index is 13.2. The Morgan fingerprint density at radius 2 is 0.713 bits per heavy atom. The Bertz CT molecular complexity index is 1290. The Labute approximate surface area is 495 Å². The third-order valence-electron chi connectivity index (χ3n) is 17.5. The van der Waals surface area contributed by atoms with Crippen molar-refractivity contribution < 1.29 is 44.9 Å². The van der Waals surface area contributed by atoms with Crippen molar-refractivity contribution in [3.8, 4) is 0 Å². The molecule has 0 radical (unpaired) electrons. The van der Waals surface area contributed by atoms with Crippen molar-refractivity contribution in [2.75, 3.05) is 13.2 Å². The zero-order chi connectivity index (χ0) is 58.0. The molecular formula is C70H137NO9. The first-order valence-electron chi connectivity index (χ1n) is 35.5. The summed E-state index contributed by atoms with van der Waals surface area (Å²) in [6.45, 7) is 3.67. The van der Waals surface area contributed by atoms with Gasteiger partial charge in [0.15, 0.2) is 6.29 Å². The van der Waals surface area contributed by atoms with Crippen molar-refractivity contribution in [1.82, 2.24) is 5.32 Å². The fraction of sp³-hybridized carbons (Fsp3) is 0.957. The van der Waals surface area contributed by atoms with Crippen molar-refractivity contribution >= 4 is 5.91 Å². The number of allylic oxidation sites excluding steroid dienone is 1. The Kier molecular flexibility index (Phi) is 57.3. The fourth-order valence-electron chi connectivity index (χ4n) is 11.8. The molecule has 1 rings (SSSR count). The van der Waals surface area contributed by atoms with E-state index in [0.717, 1.165) is 44.9 Å². The molecule has 0 aliphatic carbocycles. The lowest BCUT2D eigenvalue weighted by Crippen LogP contribution is -2.60. The van der Waals surface area contributed by atoms with Gasteiger partial charge in [-0.25, -0.2) is 0 Å². The molecule has 0 saturated carbocycles. The first kappa shape index (κ1) is 76.9. The van der Waals surface area contributed by atoms with Crippen molar-refractivity contribution in [2.24, 2.45) is 0 Å². The van der Waals surface area contributed by atoms with E-state index >= 15 is 0 Å². The SMILES string of the molecule is CCCCCCCCCCCCCCCCC/C=C/C(O)C(COC1OC(CO)C(O)C(O)C1O)NC(=O)C(O)CCCCCCCCCCCCCCCCCCCCCCCCCCCCCCCCCCCCCCCC. The quantitative estimate of drug-likeness (QED) is 0.0232. The number of carbonyl (C=O) groups is 1. The van der Waals surface area contributed by atoms with Crippen LogP contribution in [0.4, 0.5) is 0 Å². The summed E-state index contributed by atoms with van der Waals surface area (Å²) in [6, 6.07) is -0.977. The highest BCUT2D eigenvalue weighted by molar-refractivity contribution is 5.80. The van der Waals surface area contributed by atoms with Crippen LogP contribution in [0.15, 0.2) is 12.2 Å². The molecule has 476 valence electrons. The Morgan fingerprint density at radius 3 is 1.01 bits per heavy atom. The topological polar surface area (TPSA) is 169 Å². The molecule has 7 N–H and O–H groups in total. The van der Waals surface area contributed by atoms with Crippen molar-refractivity contribution in [3.05, 3.63) is 12.2 Å². The van der Waals surface area contributed by atoms with Gasteiger partial charge in [0.2, 0.25) is 5.91 Å². The van der Waals surface area contributed by atoms with Crippen LogP contribution >= 0.6 is 0 Å². The van der Waals surface area contributed by atoms with Crippen LogP contribution in [0.1, 0.15) is 367 Å². The number of unbranched alkanes of at least 4 members (excludes halogenated alkanes) is 52. The number of aliphatic hydroxyl groups is 6. The number of nitrogens with one attached hydrogen (secondary N) is 1. The Hall–Kier alpha value is -1.11. The van der Waals surface area contributed by atoms with Gasteiger partial charge in [0, 0.05) is 0 Å². The number of ether oxygens (including phenoxy) is 2. The van der Waals surface area contributed by atoms with Crippen LogP contribution in [0.3, 0.4) is 0 Å². The molecule has 8 atom stereocenters. The summed E-state index contributed by atoms with van der Waals surface area (Å²) in [5.74, 6) is -0.608. The van der Waals surface area contributed by atoms with E-state index in [1.165, 1.54) is 302 Å². The first-order chi connectivity index (χ1) is 39.3. The normalized spacial score (nSPS) is 18.8. The van der Waals surface area contributed by atoms with Crippen LogP contribution in [0.5, 0.6) is 0 Å². The smallest absolute Gasteiger partial charge is 0.249 e. The van der Waals surface area contributed by atoms with Crippen molar-refractivity contribution in [2.45, 2.75) is 416 Å². The molecule has 10 heteroatoms. The summed E-state index contributed by atoms with van der Waals surface area (Å²) < 4.78 is 11.2. The van der Waals surface area contributed by atoms with Crippen LogP contribution in [-0.2, 0) is 14.3 Å². The minimum Gasteiger partial charge on any atom is -0.394 e. The third kappa shape index (κ3) is 47.2. The number of carbonyl (C=O) groups excluding carboxylic acids is 1. The van der Waals surface area contributed by atoms with Crippen LogP contribution in [0.25, 0.3) is 0 Å². The molecule has 1 aliphatic rings. The zero-order valence-electron chi connectivity index (χ0n) is 53.0. The lowest BCUT2D eigenvalue weighted by molar-refractivity contribution is -0.302. The second-order valence-electron chi connectivity index (χ2n) is 25.2. The van der Waals surface area contributed by atoms with Gasteiger partial charge in [-0.05, 0) is 19.3 Å². The van der Waals surface area contributed by atoms with Gasteiger partial charge in [0.25, 0.3) is 0 Å². The summed E-state index contributed by atoms with van der Waals surface area (Å²) in [4.78, 5) is 13.2. The molecule has 1 aliphatic heterocycles. The van der Waals surface area contributed by atoms with E-state index in [2.05, 4.69) is 19.2 Å². The molecule has 0 bridgehead atoms. The molecule has 10 nitrogen and oxygen atoms in total. The van der Waals surface area contributed by atoms with Gasteiger partial charge in [-0.15, -0.1) is 0 Å². The highest BCUT2D eigenvalue weighted by atomic mass is 16.7.